The second kappa shape index (κ2) is 11.8. The van der Waals surface area contributed by atoms with Gasteiger partial charge in [-0.1, -0.05) is 49.2 Å². The van der Waals surface area contributed by atoms with Crippen molar-refractivity contribution in [1.29, 1.82) is 5.26 Å². The van der Waals surface area contributed by atoms with Gasteiger partial charge in [-0.25, -0.2) is 0 Å². The summed E-state index contributed by atoms with van der Waals surface area (Å²) in [5.41, 5.74) is 5.52. The van der Waals surface area contributed by atoms with Gasteiger partial charge in [-0.3, -0.25) is 14.4 Å². The number of carbonyl (C=O) groups is 1. The Labute approximate surface area is 240 Å². The fraction of sp³-hybridized carbons (Fsp3) is 0.483. The average molecular weight is 563 g/mol. The number of hydrogen-bond acceptors (Lipinski definition) is 8. The zero-order valence-electron chi connectivity index (χ0n) is 23.5. The number of anilines is 1. The van der Waals surface area contributed by atoms with Crippen LogP contribution in [0.5, 0.6) is 6.01 Å². The lowest BCUT2D eigenvalue weighted by molar-refractivity contribution is 0.0821. The van der Waals surface area contributed by atoms with Gasteiger partial charge >= 0.3 is 6.01 Å². The molecular formula is C29H35ClN8O2. The molecule has 0 aliphatic carbocycles. The van der Waals surface area contributed by atoms with Crippen molar-refractivity contribution in [2.45, 2.75) is 58.3 Å². The van der Waals surface area contributed by atoms with Crippen LogP contribution in [0.4, 0.5) is 5.82 Å². The molecule has 40 heavy (non-hydrogen) atoms. The maximum Gasteiger partial charge on any atom is 0.318 e. The maximum atomic E-state index is 12.7. The van der Waals surface area contributed by atoms with Crippen LogP contribution in [-0.4, -0.2) is 69.8 Å². The monoisotopic (exact) mass is 562 g/mol. The summed E-state index contributed by atoms with van der Waals surface area (Å²) in [5.74, 6) is 0.552. The van der Waals surface area contributed by atoms with E-state index in [0.717, 1.165) is 48.6 Å². The van der Waals surface area contributed by atoms with Gasteiger partial charge in [-0.05, 0) is 24.0 Å². The molecular weight excluding hydrogens is 528 g/mol. The van der Waals surface area contributed by atoms with Crippen LogP contribution in [0, 0.1) is 11.3 Å². The van der Waals surface area contributed by atoms with Crippen molar-refractivity contribution in [3.05, 3.63) is 63.1 Å². The van der Waals surface area contributed by atoms with E-state index >= 15 is 0 Å². The molecule has 3 aromatic rings. The van der Waals surface area contributed by atoms with Crippen molar-refractivity contribution in [2.75, 3.05) is 39.2 Å². The number of aryl methyl sites for hydroxylation is 2. The number of nitriles is 1. The summed E-state index contributed by atoms with van der Waals surface area (Å²) in [6, 6.07) is 11.2. The van der Waals surface area contributed by atoms with Crippen LogP contribution in [-0.2, 0) is 32.5 Å². The number of carbonyl (C=O) groups excluding carboxylic acids is 1. The summed E-state index contributed by atoms with van der Waals surface area (Å²) in [6.45, 7) is 4.84. The summed E-state index contributed by atoms with van der Waals surface area (Å²) in [6.07, 6.45) is 3.49. The molecule has 0 bridgehead atoms. The van der Waals surface area contributed by atoms with Gasteiger partial charge in [0.05, 0.1) is 42.7 Å². The number of rotatable bonds is 7. The summed E-state index contributed by atoms with van der Waals surface area (Å²) in [5, 5.41) is 14.7. The Bertz CT molecular complexity index is 1450. The number of methoxy groups -OCH3 is 1. The van der Waals surface area contributed by atoms with Crippen molar-refractivity contribution in [2.24, 2.45) is 0 Å². The van der Waals surface area contributed by atoms with E-state index in [1.165, 1.54) is 16.0 Å². The summed E-state index contributed by atoms with van der Waals surface area (Å²) in [7, 11) is 4.96. The molecule has 2 aliphatic rings. The van der Waals surface area contributed by atoms with Crippen LogP contribution < -0.4 is 9.64 Å². The highest BCUT2D eigenvalue weighted by Gasteiger charge is 2.34. The number of amides is 1. The molecule has 0 fully saturated rings. The van der Waals surface area contributed by atoms with Gasteiger partial charge < -0.3 is 14.5 Å². The lowest BCUT2D eigenvalue weighted by Gasteiger charge is -2.38. The van der Waals surface area contributed by atoms with Gasteiger partial charge in [0.2, 0.25) is 0 Å². The Morgan fingerprint density at radius 2 is 2.02 bits per heavy atom. The Hall–Kier alpha value is -3.68. The second-order valence-electron chi connectivity index (χ2n) is 10.5. The van der Waals surface area contributed by atoms with Gasteiger partial charge in [-0.15, -0.1) is 0 Å². The first-order valence-electron chi connectivity index (χ1n) is 13.7. The fourth-order valence-corrected chi connectivity index (χ4v) is 6.01. The van der Waals surface area contributed by atoms with Crippen molar-refractivity contribution in [3.8, 4) is 12.1 Å². The predicted molar refractivity (Wildman–Crippen MR) is 152 cm³/mol. The zero-order chi connectivity index (χ0) is 28.4. The minimum atomic E-state index is -0.222. The number of aromatic nitrogens is 4. The highest BCUT2D eigenvalue weighted by atomic mass is 35.5. The molecule has 1 amide bonds. The number of hydrogen-bond donors (Lipinski definition) is 0. The molecule has 1 atom stereocenters. The van der Waals surface area contributed by atoms with Crippen LogP contribution >= 0.6 is 11.6 Å². The highest BCUT2D eigenvalue weighted by Crippen LogP contribution is 2.39. The number of benzene rings is 1. The summed E-state index contributed by atoms with van der Waals surface area (Å²) >= 11 is 6.74. The first-order valence-corrected chi connectivity index (χ1v) is 14.1. The second-order valence-corrected chi connectivity index (χ2v) is 10.9. The van der Waals surface area contributed by atoms with E-state index in [1.54, 1.807) is 21.2 Å². The third-order valence-corrected chi connectivity index (χ3v) is 8.07. The number of fused-ring (bicyclic) bond motifs is 2. The minimum Gasteiger partial charge on any atom is -0.467 e. The van der Waals surface area contributed by atoms with Crippen LogP contribution in [0.2, 0.25) is 5.02 Å². The van der Waals surface area contributed by atoms with Crippen molar-refractivity contribution >= 4 is 23.3 Å². The number of nitrogens with zero attached hydrogens (tertiary/aromatic N) is 8. The van der Waals surface area contributed by atoms with E-state index in [2.05, 4.69) is 52.2 Å². The van der Waals surface area contributed by atoms with E-state index < -0.39 is 0 Å². The van der Waals surface area contributed by atoms with E-state index in [0.29, 0.717) is 43.6 Å². The lowest BCUT2D eigenvalue weighted by Crippen LogP contribution is -2.37. The molecule has 0 spiro atoms. The predicted octanol–water partition coefficient (Wildman–Crippen LogP) is 4.02. The third kappa shape index (κ3) is 5.23. The third-order valence-electron chi connectivity index (χ3n) is 7.67. The molecule has 1 aromatic carbocycles. The molecule has 0 saturated carbocycles. The molecule has 2 aliphatic heterocycles. The lowest BCUT2D eigenvalue weighted by atomic mass is 9.89. The molecule has 210 valence electrons. The van der Waals surface area contributed by atoms with E-state index in [-0.39, 0.29) is 17.6 Å². The molecule has 0 N–H and O–H groups in total. The average Bonchev–Trinajstić information content (AvgIpc) is 3.12. The largest absolute Gasteiger partial charge is 0.467 e. The van der Waals surface area contributed by atoms with Crippen LogP contribution in [0.15, 0.2) is 24.3 Å². The van der Waals surface area contributed by atoms with Crippen molar-refractivity contribution in [3.63, 3.8) is 0 Å². The smallest absolute Gasteiger partial charge is 0.318 e. The molecule has 0 radical (unpaired) electrons. The molecule has 1 unspecified atom stereocenters. The van der Waals surface area contributed by atoms with Gasteiger partial charge in [0.1, 0.15) is 5.82 Å². The molecule has 10 nitrogen and oxygen atoms in total. The fourth-order valence-electron chi connectivity index (χ4n) is 5.74. The van der Waals surface area contributed by atoms with Gasteiger partial charge in [-0.2, -0.15) is 20.3 Å². The van der Waals surface area contributed by atoms with Gasteiger partial charge in [0, 0.05) is 51.8 Å². The van der Waals surface area contributed by atoms with Crippen molar-refractivity contribution < 1.29 is 9.53 Å². The number of halogens is 1. The maximum absolute atomic E-state index is 12.7. The van der Waals surface area contributed by atoms with Crippen LogP contribution in [0.1, 0.15) is 64.4 Å². The Morgan fingerprint density at radius 3 is 2.75 bits per heavy atom. The SMILES string of the molecule is CCCc1ccccc1C1Cc2nc(OC)nc(N3CCCn4nc(C(=O)N(C)C)c(Cl)c4C3)c2CN1CC#N. The first kappa shape index (κ1) is 27.9. The normalized spacial score (nSPS) is 17.0. The Kier molecular flexibility index (Phi) is 8.24. The van der Waals surface area contributed by atoms with E-state index in [4.69, 9.17) is 26.3 Å². The molecule has 2 aromatic heterocycles. The summed E-state index contributed by atoms with van der Waals surface area (Å²) in [4.78, 5) is 28.2. The minimum absolute atomic E-state index is 0.0296. The molecule has 0 saturated heterocycles. The van der Waals surface area contributed by atoms with Crippen molar-refractivity contribution in [1.82, 2.24) is 29.5 Å². The summed E-state index contributed by atoms with van der Waals surface area (Å²) < 4.78 is 7.41. The topological polar surface area (TPSA) is 103 Å². The first-order chi connectivity index (χ1) is 19.4. The van der Waals surface area contributed by atoms with E-state index in [1.807, 2.05) is 4.68 Å². The van der Waals surface area contributed by atoms with Gasteiger partial charge in [0.25, 0.3) is 5.91 Å². The molecule has 4 heterocycles. The Morgan fingerprint density at radius 1 is 1.23 bits per heavy atom. The molecule has 5 rings (SSSR count). The quantitative estimate of drug-likeness (QED) is 0.398. The Balaban J connectivity index is 1.55. The van der Waals surface area contributed by atoms with E-state index in [9.17, 15) is 10.1 Å². The van der Waals surface area contributed by atoms with Gasteiger partial charge in [0.15, 0.2) is 5.69 Å². The van der Waals surface area contributed by atoms with Crippen LogP contribution in [0.25, 0.3) is 0 Å². The highest BCUT2D eigenvalue weighted by molar-refractivity contribution is 6.34. The molecule has 11 heteroatoms. The van der Waals surface area contributed by atoms with Crippen LogP contribution in [0.3, 0.4) is 0 Å². The zero-order valence-corrected chi connectivity index (χ0v) is 24.3. The standard InChI is InChI=1S/C29H35ClN8O2/c1-5-9-19-10-6-7-11-20(19)23-16-22-21(17-36(23)15-12-31)27(33-29(32-22)40-4)37-13-8-14-38-24(18-37)25(30)26(34-38)28(39)35(2)3/h6-7,10-11,23H,5,8-9,13-18H2,1-4H3. The number of ether oxygens (including phenoxy) is 1.